The summed E-state index contributed by atoms with van der Waals surface area (Å²) >= 11 is 0. The molecule has 21 heavy (non-hydrogen) atoms. The van der Waals surface area contributed by atoms with E-state index in [2.05, 4.69) is 15.3 Å². The lowest BCUT2D eigenvalue weighted by Crippen LogP contribution is -2.39. The van der Waals surface area contributed by atoms with E-state index in [1.807, 2.05) is 24.3 Å². The summed E-state index contributed by atoms with van der Waals surface area (Å²) in [6.45, 7) is 1.17. The number of amides is 2. The Hall–Kier alpha value is -2.63. The van der Waals surface area contributed by atoms with Crippen molar-refractivity contribution >= 4 is 11.7 Å². The molecule has 0 spiro atoms. The number of urea groups is 1. The highest BCUT2D eigenvalue weighted by molar-refractivity contribution is 5.91. The van der Waals surface area contributed by atoms with Crippen LogP contribution in [0.4, 0.5) is 10.5 Å². The number of anilines is 1. The number of nitrogens with one attached hydrogen (secondary N) is 1. The molecule has 0 fully saturated rings. The maximum atomic E-state index is 12.4. The molecule has 0 atom stereocenters. The van der Waals surface area contributed by atoms with Gasteiger partial charge in [-0.25, -0.2) is 14.8 Å². The maximum Gasteiger partial charge on any atom is 0.322 e. The average Bonchev–Trinajstić information content (AvgIpc) is 2.55. The zero-order chi connectivity index (χ0) is 14.7. The van der Waals surface area contributed by atoms with Crippen molar-refractivity contribution in [1.29, 1.82) is 0 Å². The summed E-state index contributed by atoms with van der Waals surface area (Å²) in [4.78, 5) is 22.4. The molecule has 1 aromatic carbocycles. The molecule has 0 bridgehead atoms. The highest BCUT2D eigenvalue weighted by atomic mass is 16.5. The quantitative estimate of drug-likeness (QED) is 0.916. The van der Waals surface area contributed by atoms with Crippen molar-refractivity contribution in [2.24, 2.45) is 0 Å². The van der Waals surface area contributed by atoms with Crippen LogP contribution in [0.3, 0.4) is 0 Å². The summed E-state index contributed by atoms with van der Waals surface area (Å²) in [6.07, 6.45) is 4.06. The summed E-state index contributed by atoms with van der Waals surface area (Å²) in [5.74, 6) is 0.645. The molecular weight excluding hydrogens is 268 g/mol. The van der Waals surface area contributed by atoms with E-state index in [0.717, 1.165) is 17.7 Å². The van der Waals surface area contributed by atoms with E-state index in [1.165, 1.54) is 0 Å². The molecule has 0 saturated heterocycles. The van der Waals surface area contributed by atoms with Crippen LogP contribution in [0.2, 0.25) is 0 Å². The predicted molar refractivity (Wildman–Crippen MR) is 78.2 cm³/mol. The monoisotopic (exact) mass is 284 g/mol. The third-order valence-corrected chi connectivity index (χ3v) is 3.50. The molecule has 1 N–H and O–H groups in total. The summed E-state index contributed by atoms with van der Waals surface area (Å²) in [5, 5.41) is 2.88. The summed E-state index contributed by atoms with van der Waals surface area (Å²) in [6, 6.07) is 7.21. The molecule has 108 valence electrons. The van der Waals surface area contributed by atoms with Crippen LogP contribution >= 0.6 is 0 Å². The standard InChI is InChI=1S/C15H16N4O2/c1-21-14-5-3-2-4-13(14)18-15(20)19-7-6-12-11(9-19)8-16-10-17-12/h2-5,8,10H,6-7,9H2,1H3,(H,18,20). The number of aromatic nitrogens is 2. The van der Waals surface area contributed by atoms with Crippen molar-refractivity contribution in [3.05, 3.63) is 48.0 Å². The van der Waals surface area contributed by atoms with E-state index in [-0.39, 0.29) is 6.03 Å². The Morgan fingerprint density at radius 1 is 1.38 bits per heavy atom. The molecular formula is C15H16N4O2. The van der Waals surface area contributed by atoms with Gasteiger partial charge in [0, 0.05) is 24.7 Å². The third kappa shape index (κ3) is 2.79. The topological polar surface area (TPSA) is 67.3 Å². The highest BCUT2D eigenvalue weighted by Gasteiger charge is 2.22. The van der Waals surface area contributed by atoms with Crippen molar-refractivity contribution in [1.82, 2.24) is 14.9 Å². The van der Waals surface area contributed by atoms with Gasteiger partial charge >= 0.3 is 6.03 Å². The van der Waals surface area contributed by atoms with Crippen LogP contribution in [-0.4, -0.2) is 34.6 Å². The number of fused-ring (bicyclic) bond motifs is 1. The first-order valence-corrected chi connectivity index (χ1v) is 6.74. The van der Waals surface area contributed by atoms with Gasteiger partial charge in [-0.05, 0) is 12.1 Å². The first-order valence-electron chi connectivity index (χ1n) is 6.74. The van der Waals surface area contributed by atoms with Crippen LogP contribution in [-0.2, 0) is 13.0 Å². The Bertz CT molecular complexity index is 660. The summed E-state index contributed by atoms with van der Waals surface area (Å²) in [7, 11) is 1.58. The molecule has 2 aromatic rings. The number of rotatable bonds is 2. The minimum absolute atomic E-state index is 0.144. The van der Waals surface area contributed by atoms with Gasteiger partial charge in [-0.2, -0.15) is 0 Å². The Kier molecular flexibility index (Phi) is 3.68. The zero-order valence-electron chi connectivity index (χ0n) is 11.7. The number of benzene rings is 1. The van der Waals surface area contributed by atoms with E-state index in [0.29, 0.717) is 24.5 Å². The third-order valence-electron chi connectivity index (χ3n) is 3.50. The normalized spacial score (nSPS) is 13.5. The zero-order valence-corrected chi connectivity index (χ0v) is 11.7. The van der Waals surface area contributed by atoms with Gasteiger partial charge in [-0.15, -0.1) is 0 Å². The predicted octanol–water partition coefficient (Wildman–Crippen LogP) is 2.08. The molecule has 0 saturated carbocycles. The Morgan fingerprint density at radius 2 is 2.24 bits per heavy atom. The van der Waals surface area contributed by atoms with Crippen molar-refractivity contribution in [3.63, 3.8) is 0 Å². The van der Waals surface area contributed by atoms with Crippen molar-refractivity contribution in [2.45, 2.75) is 13.0 Å². The number of carbonyl (C=O) groups is 1. The Morgan fingerprint density at radius 3 is 3.10 bits per heavy atom. The van der Waals surface area contributed by atoms with E-state index in [1.54, 1.807) is 24.5 Å². The van der Waals surface area contributed by atoms with E-state index in [9.17, 15) is 4.79 Å². The molecule has 6 nitrogen and oxygen atoms in total. The minimum atomic E-state index is -0.144. The van der Waals surface area contributed by atoms with Gasteiger partial charge in [-0.3, -0.25) is 0 Å². The van der Waals surface area contributed by atoms with Gasteiger partial charge in [0.2, 0.25) is 0 Å². The molecule has 0 unspecified atom stereocenters. The number of hydrogen-bond donors (Lipinski definition) is 1. The van der Waals surface area contributed by atoms with Crippen LogP contribution in [0.1, 0.15) is 11.3 Å². The molecule has 1 aromatic heterocycles. The number of hydrogen-bond acceptors (Lipinski definition) is 4. The van der Waals surface area contributed by atoms with Gasteiger partial charge in [0.15, 0.2) is 0 Å². The minimum Gasteiger partial charge on any atom is -0.495 e. The second kappa shape index (κ2) is 5.78. The first-order chi connectivity index (χ1) is 10.3. The summed E-state index contributed by atoms with van der Waals surface area (Å²) in [5.41, 5.74) is 2.69. The lowest BCUT2D eigenvalue weighted by atomic mass is 10.1. The number of para-hydroxylation sites is 2. The Labute approximate surface area is 122 Å². The number of nitrogens with zero attached hydrogens (tertiary/aromatic N) is 3. The SMILES string of the molecule is COc1ccccc1NC(=O)N1CCc2ncncc2C1. The smallest absolute Gasteiger partial charge is 0.322 e. The number of ether oxygens (including phenoxy) is 1. The first kappa shape index (κ1) is 13.4. The molecule has 3 rings (SSSR count). The average molecular weight is 284 g/mol. The fraction of sp³-hybridized carbons (Fsp3) is 0.267. The van der Waals surface area contributed by atoms with E-state index < -0.39 is 0 Å². The van der Waals surface area contributed by atoms with Crippen molar-refractivity contribution in [2.75, 3.05) is 19.0 Å². The van der Waals surface area contributed by atoms with Gasteiger partial charge in [0.25, 0.3) is 0 Å². The molecule has 1 aliphatic rings. The molecule has 0 aliphatic carbocycles. The van der Waals surface area contributed by atoms with Gasteiger partial charge < -0.3 is 15.0 Å². The molecule has 6 heteroatoms. The molecule has 2 heterocycles. The largest absolute Gasteiger partial charge is 0.495 e. The van der Waals surface area contributed by atoms with Crippen molar-refractivity contribution in [3.8, 4) is 5.75 Å². The van der Waals surface area contributed by atoms with Gasteiger partial charge in [0.1, 0.15) is 12.1 Å². The van der Waals surface area contributed by atoms with E-state index in [4.69, 9.17) is 4.74 Å². The van der Waals surface area contributed by atoms with Crippen LogP contribution < -0.4 is 10.1 Å². The lowest BCUT2D eigenvalue weighted by Gasteiger charge is -2.28. The summed E-state index contributed by atoms with van der Waals surface area (Å²) < 4.78 is 5.24. The maximum absolute atomic E-state index is 12.4. The molecule has 0 radical (unpaired) electrons. The molecule has 1 aliphatic heterocycles. The van der Waals surface area contributed by atoms with Gasteiger partial charge in [0.05, 0.1) is 25.0 Å². The van der Waals surface area contributed by atoms with E-state index >= 15 is 0 Å². The second-order valence-corrected chi connectivity index (χ2v) is 4.80. The number of methoxy groups -OCH3 is 1. The van der Waals surface area contributed by atoms with Gasteiger partial charge in [-0.1, -0.05) is 12.1 Å². The fourth-order valence-electron chi connectivity index (χ4n) is 2.38. The fourth-order valence-corrected chi connectivity index (χ4v) is 2.38. The Balaban J connectivity index is 1.72. The van der Waals surface area contributed by atoms with Crippen LogP contribution in [0.25, 0.3) is 0 Å². The highest BCUT2D eigenvalue weighted by Crippen LogP contribution is 2.24. The molecule has 2 amide bonds. The van der Waals surface area contributed by atoms with Crippen LogP contribution in [0, 0.1) is 0 Å². The second-order valence-electron chi connectivity index (χ2n) is 4.80. The lowest BCUT2D eigenvalue weighted by molar-refractivity contribution is 0.205. The van der Waals surface area contributed by atoms with Crippen molar-refractivity contribution < 1.29 is 9.53 Å². The number of carbonyl (C=O) groups excluding carboxylic acids is 1. The van der Waals surface area contributed by atoms with Crippen LogP contribution in [0.15, 0.2) is 36.8 Å². The van der Waals surface area contributed by atoms with Crippen LogP contribution in [0.5, 0.6) is 5.75 Å².